The molecule has 0 amide bonds. The van der Waals surface area contributed by atoms with Gasteiger partial charge < -0.3 is 9.47 Å². The first kappa shape index (κ1) is 32.2. The molecule has 1 aliphatic rings. The van der Waals surface area contributed by atoms with Gasteiger partial charge in [-0.2, -0.15) is 0 Å². The van der Waals surface area contributed by atoms with Gasteiger partial charge >= 0.3 is 5.97 Å². The standard InChI is InChI=1S/C41H47NO3/c1-29-18-20-32(21-19-29)28-44-39-26-35(23-22-33-15-12-16-37(31(33)3)34-13-8-7-9-14-34)30(2)25-36(39)27-42-24-11-10-17-38(42)40(43)45-41(4,5)6/h7-9,12-16,18-23,25-26,38H,10-11,17,24,27-28H2,1-6H3/b23-22+/t38-/m0/s1. The van der Waals surface area contributed by atoms with Gasteiger partial charge in [-0.3, -0.25) is 9.69 Å². The van der Waals surface area contributed by atoms with E-state index in [-0.39, 0.29) is 12.0 Å². The van der Waals surface area contributed by atoms with Crippen LogP contribution < -0.4 is 4.74 Å². The van der Waals surface area contributed by atoms with Crippen LogP contribution in [0.5, 0.6) is 5.75 Å². The van der Waals surface area contributed by atoms with Gasteiger partial charge in [0.25, 0.3) is 0 Å². The first-order chi connectivity index (χ1) is 21.6. The molecule has 0 aromatic heterocycles. The highest BCUT2D eigenvalue weighted by atomic mass is 16.6. The summed E-state index contributed by atoms with van der Waals surface area (Å²) in [5.41, 5.74) is 10.1. The smallest absolute Gasteiger partial charge is 0.323 e. The number of carbonyl (C=O) groups excluding carboxylic acids is 1. The molecule has 234 valence electrons. The molecule has 1 heterocycles. The quantitative estimate of drug-likeness (QED) is 0.141. The van der Waals surface area contributed by atoms with E-state index < -0.39 is 5.60 Å². The number of piperidine rings is 1. The summed E-state index contributed by atoms with van der Waals surface area (Å²) in [7, 11) is 0. The van der Waals surface area contributed by atoms with Crippen molar-refractivity contribution >= 4 is 18.1 Å². The van der Waals surface area contributed by atoms with Gasteiger partial charge in [-0.25, -0.2) is 0 Å². The fourth-order valence-corrected chi connectivity index (χ4v) is 6.03. The summed E-state index contributed by atoms with van der Waals surface area (Å²) in [5, 5.41) is 0. The number of rotatable bonds is 9. The molecule has 1 fully saturated rings. The van der Waals surface area contributed by atoms with Crippen LogP contribution in [-0.2, 0) is 22.7 Å². The number of ether oxygens (including phenoxy) is 2. The first-order valence-electron chi connectivity index (χ1n) is 16.2. The lowest BCUT2D eigenvalue weighted by Gasteiger charge is -2.36. The van der Waals surface area contributed by atoms with Crippen LogP contribution in [0.1, 0.15) is 79.0 Å². The van der Waals surface area contributed by atoms with E-state index >= 15 is 0 Å². The molecule has 4 nitrogen and oxygen atoms in total. The Labute approximate surface area is 269 Å². The van der Waals surface area contributed by atoms with E-state index in [1.54, 1.807) is 0 Å². The number of esters is 1. The molecule has 4 heteroatoms. The van der Waals surface area contributed by atoms with Crippen LogP contribution in [0, 0.1) is 20.8 Å². The highest BCUT2D eigenvalue weighted by Gasteiger charge is 2.33. The fourth-order valence-electron chi connectivity index (χ4n) is 6.03. The molecular formula is C41H47NO3. The lowest BCUT2D eigenvalue weighted by molar-refractivity contribution is -0.163. The summed E-state index contributed by atoms with van der Waals surface area (Å²) in [6, 6.07) is 29.6. The van der Waals surface area contributed by atoms with E-state index in [0.29, 0.717) is 13.2 Å². The summed E-state index contributed by atoms with van der Waals surface area (Å²) in [4.78, 5) is 15.5. The molecule has 45 heavy (non-hydrogen) atoms. The number of nitrogens with zero attached hydrogens (tertiary/aromatic N) is 1. The lowest BCUT2D eigenvalue weighted by Crippen LogP contribution is -2.46. The van der Waals surface area contributed by atoms with Crippen LogP contribution in [0.15, 0.2) is 84.9 Å². The molecule has 0 unspecified atom stereocenters. The predicted octanol–water partition coefficient (Wildman–Crippen LogP) is 9.72. The Kier molecular flexibility index (Phi) is 10.2. The molecule has 0 saturated carbocycles. The third-order valence-electron chi connectivity index (χ3n) is 8.53. The largest absolute Gasteiger partial charge is 0.489 e. The zero-order valence-corrected chi connectivity index (χ0v) is 27.7. The van der Waals surface area contributed by atoms with Crippen molar-refractivity contribution in [3.8, 4) is 16.9 Å². The Morgan fingerprint density at radius 1 is 0.867 bits per heavy atom. The van der Waals surface area contributed by atoms with Crippen molar-refractivity contribution in [1.29, 1.82) is 0 Å². The van der Waals surface area contributed by atoms with Gasteiger partial charge in [0, 0.05) is 12.1 Å². The highest BCUT2D eigenvalue weighted by molar-refractivity contribution is 5.79. The molecule has 0 bridgehead atoms. The molecule has 1 atom stereocenters. The van der Waals surface area contributed by atoms with Crippen molar-refractivity contribution in [2.45, 2.75) is 85.6 Å². The highest BCUT2D eigenvalue weighted by Crippen LogP contribution is 2.32. The maximum atomic E-state index is 13.2. The topological polar surface area (TPSA) is 38.8 Å². The van der Waals surface area contributed by atoms with E-state index in [4.69, 9.17) is 9.47 Å². The molecule has 4 aromatic rings. The Morgan fingerprint density at radius 2 is 1.60 bits per heavy atom. The minimum Gasteiger partial charge on any atom is -0.489 e. The molecular weight excluding hydrogens is 554 g/mol. The van der Waals surface area contributed by atoms with E-state index in [1.807, 2.05) is 20.8 Å². The zero-order chi connectivity index (χ0) is 32.0. The van der Waals surface area contributed by atoms with Gasteiger partial charge in [0.2, 0.25) is 0 Å². The normalized spacial score (nSPS) is 15.7. The van der Waals surface area contributed by atoms with Crippen LogP contribution in [0.25, 0.3) is 23.3 Å². The summed E-state index contributed by atoms with van der Waals surface area (Å²) >= 11 is 0. The zero-order valence-electron chi connectivity index (χ0n) is 27.7. The third kappa shape index (κ3) is 8.52. The van der Waals surface area contributed by atoms with Gasteiger partial charge in [-0.05, 0) is 106 Å². The second-order valence-corrected chi connectivity index (χ2v) is 13.3. The van der Waals surface area contributed by atoms with Gasteiger partial charge in [0.05, 0.1) is 0 Å². The minimum absolute atomic E-state index is 0.131. The van der Waals surface area contributed by atoms with E-state index in [9.17, 15) is 4.79 Å². The van der Waals surface area contributed by atoms with Crippen molar-refractivity contribution in [3.05, 3.63) is 124 Å². The molecule has 0 N–H and O–H groups in total. The van der Waals surface area contributed by atoms with Crippen molar-refractivity contribution < 1.29 is 14.3 Å². The second kappa shape index (κ2) is 14.3. The van der Waals surface area contributed by atoms with E-state index in [0.717, 1.165) is 48.2 Å². The van der Waals surface area contributed by atoms with Crippen molar-refractivity contribution in [1.82, 2.24) is 4.90 Å². The van der Waals surface area contributed by atoms with Crippen LogP contribution >= 0.6 is 0 Å². The van der Waals surface area contributed by atoms with Crippen LogP contribution in [0.4, 0.5) is 0 Å². The fraction of sp³-hybridized carbons (Fsp3) is 0.341. The lowest BCUT2D eigenvalue weighted by atomic mass is 9.95. The average molecular weight is 602 g/mol. The molecule has 1 aliphatic heterocycles. The molecule has 0 radical (unpaired) electrons. The third-order valence-corrected chi connectivity index (χ3v) is 8.53. The van der Waals surface area contributed by atoms with Gasteiger partial charge in [0.1, 0.15) is 24.0 Å². The number of benzene rings is 4. The molecule has 1 saturated heterocycles. The Hall–Kier alpha value is -4.15. The number of aryl methyl sites for hydroxylation is 2. The average Bonchev–Trinajstić information content (AvgIpc) is 3.01. The number of hydrogen-bond acceptors (Lipinski definition) is 4. The van der Waals surface area contributed by atoms with Gasteiger partial charge in [0.15, 0.2) is 0 Å². The van der Waals surface area contributed by atoms with E-state index in [1.165, 1.54) is 33.4 Å². The summed E-state index contributed by atoms with van der Waals surface area (Å²) < 4.78 is 12.4. The van der Waals surface area contributed by atoms with Crippen LogP contribution in [0.3, 0.4) is 0 Å². The molecule has 0 spiro atoms. The Morgan fingerprint density at radius 3 is 2.33 bits per heavy atom. The summed E-state index contributed by atoms with van der Waals surface area (Å²) in [6.07, 6.45) is 7.32. The monoisotopic (exact) mass is 601 g/mol. The number of likely N-dealkylation sites (tertiary alicyclic amines) is 1. The van der Waals surface area contributed by atoms with Crippen LogP contribution in [-0.4, -0.2) is 29.1 Å². The van der Waals surface area contributed by atoms with Crippen LogP contribution in [0.2, 0.25) is 0 Å². The molecule has 4 aromatic carbocycles. The number of carbonyl (C=O) groups is 1. The van der Waals surface area contributed by atoms with Crippen molar-refractivity contribution in [2.75, 3.05) is 6.54 Å². The van der Waals surface area contributed by atoms with Gasteiger partial charge in [-0.1, -0.05) is 103 Å². The minimum atomic E-state index is -0.508. The van der Waals surface area contributed by atoms with Gasteiger partial charge in [-0.15, -0.1) is 0 Å². The SMILES string of the molecule is Cc1ccc(COc2cc(/C=C/c3cccc(-c4ccccc4)c3C)c(C)cc2CN2CCCC[C@H]2C(=O)OC(C)(C)C)cc1. The summed E-state index contributed by atoms with van der Waals surface area (Å²) in [6.45, 7) is 14.2. The Bertz CT molecular complexity index is 1630. The maximum absolute atomic E-state index is 13.2. The molecule has 5 rings (SSSR count). The predicted molar refractivity (Wildman–Crippen MR) is 186 cm³/mol. The first-order valence-corrected chi connectivity index (χ1v) is 16.2. The Balaban J connectivity index is 1.45. The number of hydrogen-bond donors (Lipinski definition) is 0. The second-order valence-electron chi connectivity index (χ2n) is 13.3. The summed E-state index contributed by atoms with van der Waals surface area (Å²) in [5.74, 6) is 0.720. The molecule has 0 aliphatic carbocycles. The van der Waals surface area contributed by atoms with Crippen molar-refractivity contribution in [2.24, 2.45) is 0 Å². The maximum Gasteiger partial charge on any atom is 0.323 e. The van der Waals surface area contributed by atoms with E-state index in [2.05, 4.69) is 123 Å². The van der Waals surface area contributed by atoms with Crippen molar-refractivity contribution in [3.63, 3.8) is 0 Å².